The van der Waals surface area contributed by atoms with Crippen LogP contribution in [0.15, 0.2) is 0 Å². The van der Waals surface area contributed by atoms with Gasteiger partial charge in [-0.2, -0.15) is 0 Å². The van der Waals surface area contributed by atoms with Gasteiger partial charge in [-0.3, -0.25) is 4.79 Å². The first-order valence-corrected chi connectivity index (χ1v) is 7.31. The van der Waals surface area contributed by atoms with E-state index in [0.717, 1.165) is 12.8 Å². The van der Waals surface area contributed by atoms with E-state index in [9.17, 15) is 14.7 Å². The van der Waals surface area contributed by atoms with Crippen molar-refractivity contribution in [2.24, 2.45) is 17.8 Å². The molecule has 1 heterocycles. The number of likely N-dealkylation sites (tertiary alicyclic amines) is 1. The minimum Gasteiger partial charge on any atom is -0.481 e. The monoisotopic (exact) mass is 285 g/mol. The normalized spacial score (nSPS) is 23.8. The summed E-state index contributed by atoms with van der Waals surface area (Å²) >= 11 is 0. The van der Waals surface area contributed by atoms with Gasteiger partial charge in [0.05, 0.1) is 5.92 Å². The van der Waals surface area contributed by atoms with Crippen molar-refractivity contribution in [3.63, 3.8) is 0 Å². The molecule has 1 saturated heterocycles. The molecule has 0 saturated carbocycles. The SMILES string of the molecule is CC(C)C[C@@H]1CCN(C(=O)OC(C)(C)C)C[C@@H]1C(=O)O. The number of carbonyl (C=O) groups is 2. The summed E-state index contributed by atoms with van der Waals surface area (Å²) in [5.41, 5.74) is -0.551. The van der Waals surface area contributed by atoms with Crippen LogP contribution in [0.5, 0.6) is 0 Å². The molecule has 0 aliphatic carbocycles. The first kappa shape index (κ1) is 16.8. The molecule has 1 fully saturated rings. The number of amides is 1. The molecule has 0 aromatic rings. The van der Waals surface area contributed by atoms with Crippen LogP contribution >= 0.6 is 0 Å². The quantitative estimate of drug-likeness (QED) is 0.865. The Bertz CT molecular complexity index is 359. The maximum absolute atomic E-state index is 12.0. The minimum atomic E-state index is -0.816. The van der Waals surface area contributed by atoms with Crippen LogP contribution in [-0.4, -0.2) is 40.8 Å². The lowest BCUT2D eigenvalue weighted by atomic mass is 9.80. The summed E-state index contributed by atoms with van der Waals surface area (Å²) < 4.78 is 5.32. The molecule has 116 valence electrons. The minimum absolute atomic E-state index is 0.145. The van der Waals surface area contributed by atoms with Crippen molar-refractivity contribution in [3.05, 3.63) is 0 Å². The zero-order valence-electron chi connectivity index (χ0n) is 13.2. The lowest BCUT2D eigenvalue weighted by Crippen LogP contribution is -2.48. The number of rotatable bonds is 3. The second-order valence-electron chi connectivity index (χ2n) is 7.05. The number of nitrogens with zero attached hydrogens (tertiary/aromatic N) is 1. The molecule has 1 N–H and O–H groups in total. The molecule has 20 heavy (non-hydrogen) atoms. The van der Waals surface area contributed by atoms with Gasteiger partial charge < -0.3 is 14.7 Å². The third kappa shape index (κ3) is 5.02. The molecule has 5 nitrogen and oxygen atoms in total. The van der Waals surface area contributed by atoms with Crippen molar-refractivity contribution in [3.8, 4) is 0 Å². The number of piperidine rings is 1. The Morgan fingerprint density at radius 2 is 1.95 bits per heavy atom. The third-order valence-corrected chi connectivity index (χ3v) is 3.50. The van der Waals surface area contributed by atoms with Crippen LogP contribution in [-0.2, 0) is 9.53 Å². The Labute approximate surface area is 121 Å². The summed E-state index contributed by atoms with van der Waals surface area (Å²) in [6.07, 6.45) is 1.21. The van der Waals surface area contributed by atoms with E-state index in [4.69, 9.17) is 4.74 Å². The summed E-state index contributed by atoms with van der Waals surface area (Å²) in [5.74, 6) is -0.691. The smallest absolute Gasteiger partial charge is 0.410 e. The molecule has 0 aromatic carbocycles. The van der Waals surface area contributed by atoms with Gasteiger partial charge in [0, 0.05) is 13.1 Å². The average Bonchev–Trinajstić information content (AvgIpc) is 2.25. The molecular formula is C15H27NO4. The fourth-order valence-electron chi connectivity index (χ4n) is 2.66. The van der Waals surface area contributed by atoms with E-state index in [0.29, 0.717) is 12.5 Å². The molecule has 0 radical (unpaired) electrons. The van der Waals surface area contributed by atoms with Crippen molar-refractivity contribution in [2.75, 3.05) is 13.1 Å². The van der Waals surface area contributed by atoms with Crippen LogP contribution in [0.4, 0.5) is 4.79 Å². The van der Waals surface area contributed by atoms with Crippen molar-refractivity contribution in [1.82, 2.24) is 4.90 Å². The van der Waals surface area contributed by atoms with Gasteiger partial charge in [0.1, 0.15) is 5.60 Å². The molecular weight excluding hydrogens is 258 g/mol. The Balaban J connectivity index is 2.68. The van der Waals surface area contributed by atoms with Crippen LogP contribution in [0.25, 0.3) is 0 Å². The highest BCUT2D eigenvalue weighted by molar-refractivity contribution is 5.73. The van der Waals surface area contributed by atoms with Crippen molar-refractivity contribution >= 4 is 12.1 Å². The van der Waals surface area contributed by atoms with Gasteiger partial charge in [-0.1, -0.05) is 13.8 Å². The van der Waals surface area contributed by atoms with Gasteiger partial charge in [0.25, 0.3) is 0 Å². The van der Waals surface area contributed by atoms with Crippen LogP contribution < -0.4 is 0 Å². The molecule has 2 atom stereocenters. The Kier molecular flexibility index (Phi) is 5.42. The number of aliphatic carboxylic acids is 1. The standard InChI is InChI=1S/C15H27NO4/c1-10(2)8-11-6-7-16(9-12(11)13(17)18)14(19)20-15(3,4)5/h10-12H,6-9H2,1-5H3,(H,17,18)/t11-,12-/m0/s1. The number of carboxylic acids is 1. The van der Waals surface area contributed by atoms with Crippen LogP contribution in [0, 0.1) is 17.8 Å². The number of carbonyl (C=O) groups excluding carboxylic acids is 1. The van der Waals surface area contributed by atoms with Gasteiger partial charge in [-0.25, -0.2) is 4.79 Å². The van der Waals surface area contributed by atoms with Crippen molar-refractivity contribution < 1.29 is 19.4 Å². The maximum Gasteiger partial charge on any atom is 0.410 e. The van der Waals surface area contributed by atoms with E-state index in [1.54, 1.807) is 0 Å². The van der Waals surface area contributed by atoms with Crippen molar-refractivity contribution in [1.29, 1.82) is 0 Å². The highest BCUT2D eigenvalue weighted by Gasteiger charge is 2.37. The summed E-state index contributed by atoms with van der Waals surface area (Å²) in [5, 5.41) is 9.37. The first-order chi connectivity index (χ1) is 9.10. The zero-order chi connectivity index (χ0) is 15.5. The van der Waals surface area contributed by atoms with E-state index in [1.165, 1.54) is 4.90 Å². The highest BCUT2D eigenvalue weighted by atomic mass is 16.6. The molecule has 1 aliphatic rings. The van der Waals surface area contributed by atoms with E-state index >= 15 is 0 Å². The predicted octanol–water partition coefficient (Wildman–Crippen LogP) is 2.99. The molecule has 0 aromatic heterocycles. The number of hydrogen-bond acceptors (Lipinski definition) is 3. The van der Waals surface area contributed by atoms with Gasteiger partial charge in [-0.15, -0.1) is 0 Å². The van der Waals surface area contributed by atoms with Gasteiger partial charge in [-0.05, 0) is 45.4 Å². The second-order valence-corrected chi connectivity index (χ2v) is 7.05. The molecule has 0 spiro atoms. The lowest BCUT2D eigenvalue weighted by molar-refractivity contribution is -0.146. The Morgan fingerprint density at radius 1 is 1.35 bits per heavy atom. The first-order valence-electron chi connectivity index (χ1n) is 7.31. The predicted molar refractivity (Wildman–Crippen MR) is 76.5 cm³/mol. The third-order valence-electron chi connectivity index (χ3n) is 3.50. The fraction of sp³-hybridized carbons (Fsp3) is 0.867. The largest absolute Gasteiger partial charge is 0.481 e. The van der Waals surface area contributed by atoms with Crippen LogP contribution in [0.2, 0.25) is 0 Å². The maximum atomic E-state index is 12.0. The molecule has 0 unspecified atom stereocenters. The molecule has 1 aliphatic heterocycles. The Morgan fingerprint density at radius 3 is 2.40 bits per heavy atom. The molecule has 0 bridgehead atoms. The Hall–Kier alpha value is -1.26. The van der Waals surface area contributed by atoms with E-state index in [2.05, 4.69) is 13.8 Å². The molecule has 1 rings (SSSR count). The van der Waals surface area contributed by atoms with Crippen molar-refractivity contribution in [2.45, 2.75) is 53.1 Å². The van der Waals surface area contributed by atoms with Gasteiger partial charge in [0.15, 0.2) is 0 Å². The summed E-state index contributed by atoms with van der Waals surface area (Å²) in [4.78, 5) is 25.0. The van der Waals surface area contributed by atoms with Gasteiger partial charge >= 0.3 is 12.1 Å². The summed E-state index contributed by atoms with van der Waals surface area (Å²) in [6, 6.07) is 0. The second kappa shape index (κ2) is 6.46. The van der Waals surface area contributed by atoms with E-state index in [1.807, 2.05) is 20.8 Å². The summed E-state index contributed by atoms with van der Waals surface area (Å²) in [7, 11) is 0. The molecule has 1 amide bonds. The van der Waals surface area contributed by atoms with Crippen LogP contribution in [0.3, 0.4) is 0 Å². The molecule has 5 heteroatoms. The number of ether oxygens (including phenoxy) is 1. The zero-order valence-corrected chi connectivity index (χ0v) is 13.2. The highest BCUT2D eigenvalue weighted by Crippen LogP contribution is 2.30. The van der Waals surface area contributed by atoms with Crippen LogP contribution in [0.1, 0.15) is 47.5 Å². The topological polar surface area (TPSA) is 66.8 Å². The lowest BCUT2D eigenvalue weighted by Gasteiger charge is -2.37. The number of carboxylic acid groups (broad SMARTS) is 1. The average molecular weight is 285 g/mol. The summed E-state index contributed by atoms with van der Waals surface area (Å²) in [6.45, 7) is 10.5. The fourth-order valence-corrected chi connectivity index (χ4v) is 2.66. The number of hydrogen-bond donors (Lipinski definition) is 1. The van der Waals surface area contributed by atoms with E-state index in [-0.39, 0.29) is 12.5 Å². The van der Waals surface area contributed by atoms with E-state index < -0.39 is 23.6 Å². The van der Waals surface area contributed by atoms with Gasteiger partial charge in [0.2, 0.25) is 0 Å².